The first-order chi connectivity index (χ1) is 34.7. The molecule has 15 rings (SSSR count). The van der Waals surface area contributed by atoms with Gasteiger partial charge in [-0.3, -0.25) is 9.13 Å². The summed E-state index contributed by atoms with van der Waals surface area (Å²) in [6.07, 6.45) is 0. The molecule has 0 saturated carbocycles. The van der Waals surface area contributed by atoms with Gasteiger partial charge in [0.15, 0.2) is 0 Å². The molecule has 5 heteroatoms. The molecule has 15 aromatic rings. The van der Waals surface area contributed by atoms with Gasteiger partial charge < -0.3 is 9.13 Å². The van der Waals surface area contributed by atoms with Gasteiger partial charge in [0, 0.05) is 54.5 Å². The Hall–Kier alpha value is -9.45. The molecule has 70 heavy (non-hydrogen) atoms. The summed E-state index contributed by atoms with van der Waals surface area (Å²) >= 11 is 0. The third-order valence-electron chi connectivity index (χ3n) is 14.5. The summed E-state index contributed by atoms with van der Waals surface area (Å²) in [5, 5.41) is 9.56. The molecule has 0 bridgehead atoms. The van der Waals surface area contributed by atoms with Crippen LogP contribution in [0.25, 0.3) is 132 Å². The van der Waals surface area contributed by atoms with Crippen molar-refractivity contribution in [1.82, 2.24) is 23.3 Å². The maximum atomic E-state index is 5.70. The third-order valence-corrected chi connectivity index (χ3v) is 14.5. The van der Waals surface area contributed by atoms with Gasteiger partial charge >= 0.3 is 0 Å². The second kappa shape index (κ2) is 15.0. The number of rotatable bonds is 6. The van der Waals surface area contributed by atoms with Gasteiger partial charge in [-0.15, -0.1) is 0 Å². The van der Waals surface area contributed by atoms with Crippen LogP contribution in [0.15, 0.2) is 249 Å². The molecule has 326 valence electrons. The molecule has 0 aliphatic rings. The molecule has 10 aromatic carbocycles. The van der Waals surface area contributed by atoms with Crippen LogP contribution >= 0.6 is 0 Å². The molecule has 0 N–H and O–H groups in total. The highest BCUT2D eigenvalue weighted by molar-refractivity contribution is 6.24. The molecule has 0 radical (unpaired) electrons. The van der Waals surface area contributed by atoms with E-state index in [2.05, 4.69) is 267 Å². The van der Waals surface area contributed by atoms with Gasteiger partial charge in [0.2, 0.25) is 0 Å². The van der Waals surface area contributed by atoms with Crippen molar-refractivity contribution in [2.45, 2.75) is 0 Å². The summed E-state index contributed by atoms with van der Waals surface area (Å²) in [6, 6.07) is 90.3. The number of benzene rings is 10. The summed E-state index contributed by atoms with van der Waals surface area (Å²) in [7, 11) is 0. The van der Waals surface area contributed by atoms with Crippen LogP contribution in [0.1, 0.15) is 0 Å². The number of nitrogens with zero attached hydrogens (tertiary/aromatic N) is 5. The van der Waals surface area contributed by atoms with E-state index >= 15 is 0 Å². The fourth-order valence-electron chi connectivity index (χ4n) is 11.5. The highest BCUT2D eigenvalue weighted by atomic mass is 15.1. The Morgan fingerprint density at radius 2 is 0.614 bits per heavy atom. The maximum absolute atomic E-state index is 5.70. The van der Waals surface area contributed by atoms with Gasteiger partial charge in [0.05, 0.1) is 44.1 Å². The Labute approximate surface area is 402 Å². The monoisotopic (exact) mass is 891 g/mol. The quantitative estimate of drug-likeness (QED) is 0.164. The predicted octanol–water partition coefficient (Wildman–Crippen LogP) is 16.8. The first kappa shape index (κ1) is 38.6. The molecule has 0 unspecified atom stereocenters. The van der Waals surface area contributed by atoms with Crippen molar-refractivity contribution in [3.05, 3.63) is 249 Å². The number of hydrogen-bond donors (Lipinski definition) is 0. The lowest BCUT2D eigenvalue weighted by molar-refractivity contribution is 1.01. The Kier molecular flexibility index (Phi) is 8.29. The zero-order valence-corrected chi connectivity index (χ0v) is 37.9. The topological polar surface area (TPSA) is 32.6 Å². The van der Waals surface area contributed by atoms with Crippen LogP contribution in [-0.2, 0) is 0 Å². The van der Waals surface area contributed by atoms with Crippen molar-refractivity contribution in [2.75, 3.05) is 0 Å². The van der Waals surface area contributed by atoms with Gasteiger partial charge in [-0.25, -0.2) is 4.98 Å². The fourth-order valence-corrected chi connectivity index (χ4v) is 11.5. The first-order valence-electron chi connectivity index (χ1n) is 24.0. The molecule has 5 heterocycles. The van der Waals surface area contributed by atoms with E-state index in [4.69, 9.17) is 4.98 Å². The van der Waals surface area contributed by atoms with E-state index in [1.807, 2.05) is 0 Å². The molecular formula is C65H41N5. The minimum Gasteiger partial charge on any atom is -0.309 e. The van der Waals surface area contributed by atoms with E-state index in [1.165, 1.54) is 70.9 Å². The second-order valence-corrected chi connectivity index (χ2v) is 18.3. The predicted molar refractivity (Wildman–Crippen MR) is 292 cm³/mol. The van der Waals surface area contributed by atoms with Crippen LogP contribution in [0.5, 0.6) is 0 Å². The number of para-hydroxylation sites is 5. The number of fused-ring (bicyclic) bond motifs is 13. The molecule has 5 nitrogen and oxygen atoms in total. The van der Waals surface area contributed by atoms with Crippen LogP contribution < -0.4 is 0 Å². The fraction of sp³-hybridized carbons (Fsp3) is 0. The van der Waals surface area contributed by atoms with Crippen molar-refractivity contribution in [1.29, 1.82) is 0 Å². The normalized spacial score (nSPS) is 12.0. The lowest BCUT2D eigenvalue weighted by atomic mass is 9.98. The lowest BCUT2D eigenvalue weighted by Crippen LogP contribution is -2.04. The molecular weight excluding hydrogens is 851 g/mol. The smallest absolute Gasteiger partial charge is 0.140 e. The zero-order valence-electron chi connectivity index (χ0n) is 37.9. The lowest BCUT2D eigenvalue weighted by Gasteiger charge is -2.14. The maximum Gasteiger partial charge on any atom is 0.140 e. The number of aromatic nitrogens is 5. The molecule has 0 aliphatic heterocycles. The third kappa shape index (κ3) is 5.63. The van der Waals surface area contributed by atoms with Crippen molar-refractivity contribution in [3.8, 4) is 45.3 Å². The Morgan fingerprint density at radius 1 is 0.214 bits per heavy atom. The SMILES string of the molecule is c1ccc(-c2cc(-c3ccccc3)cc(-n3c4ccccc4c4cc5c(cc43)c3ccccc3n5-c3cccc(-n4c5ccccc5c5ccc6c7ccccc7n(-c7ccccc7)c6c54)n3)c2)cc1. The van der Waals surface area contributed by atoms with Crippen molar-refractivity contribution in [2.24, 2.45) is 0 Å². The molecule has 0 aliphatic carbocycles. The van der Waals surface area contributed by atoms with Gasteiger partial charge in [0.1, 0.15) is 11.6 Å². The standard InChI is InChI=1S/C65H41N5/c1-4-19-42(20-5-1)44-37-45(43-21-6-2-7-22-43)39-47(38-44)67-56-29-14-12-27-50(56)54-41-61-55(40-60(54)67)51-28-13-16-31-58(51)69(61)62-33-18-34-63(66-62)70-59-32-17-11-26-49(59)53-36-35-52-48-25-10-15-30-57(48)68(64(52)65(53)70)46-23-8-3-9-24-46/h1-41H. The number of hydrogen-bond acceptors (Lipinski definition) is 1. The summed E-state index contributed by atoms with van der Waals surface area (Å²) in [5.74, 6) is 1.72. The van der Waals surface area contributed by atoms with Crippen molar-refractivity contribution >= 4 is 87.2 Å². The van der Waals surface area contributed by atoms with Crippen molar-refractivity contribution < 1.29 is 0 Å². The van der Waals surface area contributed by atoms with Gasteiger partial charge in [-0.2, -0.15) is 0 Å². The van der Waals surface area contributed by atoms with Gasteiger partial charge in [-0.1, -0.05) is 170 Å². The molecule has 0 saturated heterocycles. The van der Waals surface area contributed by atoms with Crippen LogP contribution in [-0.4, -0.2) is 23.3 Å². The summed E-state index contributed by atoms with van der Waals surface area (Å²) in [5.41, 5.74) is 16.1. The molecule has 0 spiro atoms. The van der Waals surface area contributed by atoms with E-state index in [0.717, 1.165) is 61.6 Å². The van der Waals surface area contributed by atoms with Crippen LogP contribution in [0.3, 0.4) is 0 Å². The minimum atomic E-state index is 0.858. The molecule has 0 atom stereocenters. The summed E-state index contributed by atoms with van der Waals surface area (Å²) < 4.78 is 9.66. The van der Waals surface area contributed by atoms with Crippen molar-refractivity contribution in [3.63, 3.8) is 0 Å². The average Bonchev–Trinajstić information content (AvgIpc) is 4.16. The Morgan fingerprint density at radius 3 is 1.16 bits per heavy atom. The number of pyridine rings is 1. The van der Waals surface area contributed by atoms with E-state index in [1.54, 1.807) is 0 Å². The average molecular weight is 892 g/mol. The highest BCUT2D eigenvalue weighted by Crippen LogP contribution is 2.44. The van der Waals surface area contributed by atoms with Gasteiger partial charge in [-0.05, 0) is 101 Å². The molecule has 0 fully saturated rings. The summed E-state index contributed by atoms with van der Waals surface area (Å²) in [4.78, 5) is 5.70. The minimum absolute atomic E-state index is 0.858. The molecule has 5 aromatic heterocycles. The van der Waals surface area contributed by atoms with Gasteiger partial charge in [0.25, 0.3) is 0 Å². The van der Waals surface area contributed by atoms with E-state index in [-0.39, 0.29) is 0 Å². The largest absolute Gasteiger partial charge is 0.309 e. The zero-order chi connectivity index (χ0) is 45.9. The Bertz CT molecular complexity index is 4510. The highest BCUT2D eigenvalue weighted by Gasteiger charge is 2.24. The van der Waals surface area contributed by atoms with E-state index < -0.39 is 0 Å². The van der Waals surface area contributed by atoms with Crippen LogP contribution in [0.4, 0.5) is 0 Å². The summed E-state index contributed by atoms with van der Waals surface area (Å²) in [6.45, 7) is 0. The van der Waals surface area contributed by atoms with Crippen LogP contribution in [0.2, 0.25) is 0 Å². The second-order valence-electron chi connectivity index (χ2n) is 18.3. The first-order valence-corrected chi connectivity index (χ1v) is 24.0. The van der Waals surface area contributed by atoms with E-state index in [9.17, 15) is 0 Å². The molecule has 0 amide bonds. The van der Waals surface area contributed by atoms with E-state index in [0.29, 0.717) is 0 Å². The van der Waals surface area contributed by atoms with Crippen LogP contribution in [0, 0.1) is 0 Å². The Balaban J connectivity index is 0.992.